The molecule has 37 heavy (non-hydrogen) atoms. The number of non-ortho nitro benzene ring substituents is 1. The molecule has 0 spiro atoms. The molecular formula is C29H42N4O4. The molecule has 202 valence electrons. The Hall–Kier alpha value is -2.77. The predicted molar refractivity (Wildman–Crippen MR) is 148 cm³/mol. The molecule has 3 aliphatic carbocycles. The van der Waals surface area contributed by atoms with Crippen molar-refractivity contribution in [2.45, 2.75) is 92.4 Å². The molecule has 2 saturated carbocycles. The van der Waals surface area contributed by atoms with Gasteiger partial charge in [0.25, 0.3) is 5.69 Å². The molecule has 0 bridgehead atoms. The first-order valence-electron chi connectivity index (χ1n) is 14.0. The number of hydrogen-bond donors (Lipinski definition) is 1. The number of rotatable bonds is 9. The molecule has 0 amide bonds. The largest absolute Gasteiger partial charge is 0.301 e. The Morgan fingerprint density at radius 2 is 1.84 bits per heavy atom. The maximum atomic E-state index is 11.5. The molecule has 0 aromatic heterocycles. The molecule has 2 fully saturated rings. The molecule has 5 atom stereocenters. The Labute approximate surface area is 220 Å². The topological polar surface area (TPSA) is 111 Å². The lowest BCUT2D eigenvalue weighted by Gasteiger charge is -2.49. The van der Waals surface area contributed by atoms with Crippen LogP contribution in [-0.2, 0) is 0 Å². The summed E-state index contributed by atoms with van der Waals surface area (Å²) in [4.78, 5) is 21.3. The highest BCUT2D eigenvalue weighted by molar-refractivity contribution is 6.01. The van der Waals surface area contributed by atoms with Gasteiger partial charge in [-0.05, 0) is 92.1 Å². The zero-order valence-electron chi connectivity index (χ0n) is 23.0. The normalized spacial score (nSPS) is 29.2. The van der Waals surface area contributed by atoms with Crippen LogP contribution in [0.5, 0.6) is 0 Å². The van der Waals surface area contributed by atoms with Crippen molar-refractivity contribution in [3.63, 3.8) is 0 Å². The molecule has 0 unspecified atom stereocenters. The molecule has 1 aromatic rings. The summed E-state index contributed by atoms with van der Waals surface area (Å²) in [7, 11) is 0. The van der Waals surface area contributed by atoms with Crippen LogP contribution in [0.2, 0.25) is 0 Å². The minimum absolute atomic E-state index is 0.171. The number of fused-ring (bicyclic) bond motifs is 3. The molecule has 8 nitrogen and oxygen atoms in total. The van der Waals surface area contributed by atoms with E-state index in [4.69, 9.17) is 0 Å². The van der Waals surface area contributed by atoms with Crippen molar-refractivity contribution in [1.82, 2.24) is 0 Å². The van der Waals surface area contributed by atoms with Crippen LogP contribution in [0.25, 0.3) is 0 Å². The summed E-state index contributed by atoms with van der Waals surface area (Å²) in [6, 6.07) is 3.61. The fraction of sp³-hybridized carbons (Fsp3) is 0.690. The van der Waals surface area contributed by atoms with Crippen molar-refractivity contribution in [3.8, 4) is 0 Å². The van der Waals surface area contributed by atoms with Gasteiger partial charge in [-0.2, -0.15) is 5.10 Å². The molecule has 1 N–H and O–H groups in total. The van der Waals surface area contributed by atoms with Gasteiger partial charge in [-0.1, -0.05) is 52.5 Å². The highest BCUT2D eigenvalue weighted by atomic mass is 16.6. The smallest absolute Gasteiger partial charge is 0.271 e. The van der Waals surface area contributed by atoms with Crippen LogP contribution in [0, 0.1) is 55.2 Å². The molecular weight excluding hydrogens is 468 g/mol. The maximum Gasteiger partial charge on any atom is 0.301 e. The first-order chi connectivity index (χ1) is 17.5. The lowest BCUT2D eigenvalue weighted by atomic mass is 9.55. The molecule has 0 radical (unpaired) electrons. The van der Waals surface area contributed by atoms with E-state index in [2.05, 4.69) is 45.1 Å². The minimum atomic E-state index is -0.630. The van der Waals surface area contributed by atoms with Gasteiger partial charge < -0.3 is 0 Å². The summed E-state index contributed by atoms with van der Waals surface area (Å²) < 4.78 is 0. The summed E-state index contributed by atoms with van der Waals surface area (Å²) in [5.74, 6) is 3.71. The molecule has 8 heteroatoms. The van der Waals surface area contributed by atoms with Crippen molar-refractivity contribution >= 4 is 22.8 Å². The van der Waals surface area contributed by atoms with Gasteiger partial charge in [0.1, 0.15) is 5.69 Å². The van der Waals surface area contributed by atoms with E-state index in [0.717, 1.165) is 54.7 Å². The van der Waals surface area contributed by atoms with E-state index in [0.29, 0.717) is 11.3 Å². The highest BCUT2D eigenvalue weighted by Crippen LogP contribution is 2.63. The Balaban J connectivity index is 1.49. The number of nitrogens with one attached hydrogen (secondary N) is 1. The standard InChI is InChI=1S/C29H42N4O4/c1-18(2)7-6-8-19(3)24-11-12-25-23-10-14-26(20(4)22(23)15-16-29(24,25)5)30-31-27-13-9-21(32(34)35)17-28(27)33(36)37/h9,13,17-19,23-25,31H,6-8,10-12,14-16H2,1-5H3/b30-26+/t19-,23+,24+,25-,29-/m1/s1. The molecule has 3 aliphatic rings. The maximum absolute atomic E-state index is 11.5. The van der Waals surface area contributed by atoms with E-state index in [9.17, 15) is 20.2 Å². The summed E-state index contributed by atoms with van der Waals surface area (Å²) >= 11 is 0. The van der Waals surface area contributed by atoms with Crippen molar-refractivity contribution in [2.24, 2.45) is 40.1 Å². The summed E-state index contributed by atoms with van der Waals surface area (Å²) in [5.41, 5.74) is 6.48. The van der Waals surface area contributed by atoms with Gasteiger partial charge in [-0.25, -0.2) is 0 Å². The van der Waals surface area contributed by atoms with E-state index < -0.39 is 9.85 Å². The number of benzene rings is 1. The van der Waals surface area contributed by atoms with Gasteiger partial charge in [0.15, 0.2) is 0 Å². The van der Waals surface area contributed by atoms with E-state index in [1.807, 2.05) is 0 Å². The quantitative estimate of drug-likeness (QED) is 0.265. The van der Waals surface area contributed by atoms with Gasteiger partial charge in [0.2, 0.25) is 0 Å². The first-order valence-corrected chi connectivity index (χ1v) is 14.0. The second-order valence-electron chi connectivity index (χ2n) is 12.3. The third kappa shape index (κ3) is 5.43. The van der Waals surface area contributed by atoms with Gasteiger partial charge >= 0.3 is 5.69 Å². The summed E-state index contributed by atoms with van der Waals surface area (Å²) in [6.45, 7) is 11.8. The SMILES string of the molecule is CC1=C2CC[C@@]3(C)[C@H](CC[C@H]3[C@H](C)CCCC(C)C)[C@H]2CC/C1=N\Nc1ccc([N+](=O)[O-])cc1[N+](=O)[O-]. The Kier molecular flexibility index (Phi) is 8.05. The lowest BCUT2D eigenvalue weighted by molar-refractivity contribution is -0.393. The monoisotopic (exact) mass is 510 g/mol. The summed E-state index contributed by atoms with van der Waals surface area (Å²) in [6.07, 6.45) is 10.9. The van der Waals surface area contributed by atoms with Crippen molar-refractivity contribution < 1.29 is 9.85 Å². The average molecular weight is 511 g/mol. The molecule has 0 heterocycles. The molecule has 0 aliphatic heterocycles. The number of allylic oxidation sites excluding steroid dienone is 2. The van der Waals surface area contributed by atoms with Gasteiger partial charge in [0.05, 0.1) is 21.6 Å². The summed E-state index contributed by atoms with van der Waals surface area (Å²) in [5, 5.41) is 27.1. The second kappa shape index (κ2) is 10.9. The minimum Gasteiger partial charge on any atom is -0.271 e. The molecule has 0 saturated heterocycles. The van der Waals surface area contributed by atoms with Gasteiger partial charge in [0, 0.05) is 6.07 Å². The van der Waals surface area contributed by atoms with Crippen molar-refractivity contribution in [1.29, 1.82) is 0 Å². The van der Waals surface area contributed by atoms with E-state index in [-0.39, 0.29) is 17.1 Å². The van der Waals surface area contributed by atoms with E-state index in [1.54, 1.807) is 0 Å². The number of nitro groups is 2. The fourth-order valence-corrected chi connectivity index (χ4v) is 7.79. The number of nitrogens with zero attached hydrogens (tertiary/aromatic N) is 3. The van der Waals surface area contributed by atoms with Gasteiger partial charge in [-0.15, -0.1) is 0 Å². The van der Waals surface area contributed by atoms with Crippen LogP contribution >= 0.6 is 0 Å². The Bertz CT molecular complexity index is 1110. The average Bonchev–Trinajstić information content (AvgIpc) is 3.20. The molecule has 4 rings (SSSR count). The zero-order valence-corrected chi connectivity index (χ0v) is 23.0. The van der Waals surface area contributed by atoms with E-state index >= 15 is 0 Å². The Morgan fingerprint density at radius 3 is 2.51 bits per heavy atom. The number of hydrazone groups is 1. The second-order valence-corrected chi connectivity index (χ2v) is 12.3. The van der Waals surface area contributed by atoms with Crippen LogP contribution in [0.4, 0.5) is 17.1 Å². The van der Waals surface area contributed by atoms with Crippen molar-refractivity contribution in [3.05, 3.63) is 49.6 Å². The van der Waals surface area contributed by atoms with Crippen molar-refractivity contribution in [2.75, 3.05) is 5.43 Å². The van der Waals surface area contributed by atoms with E-state index in [1.165, 1.54) is 61.8 Å². The molecule has 1 aromatic carbocycles. The van der Waals surface area contributed by atoms with Gasteiger partial charge in [-0.3, -0.25) is 25.7 Å². The third-order valence-corrected chi connectivity index (χ3v) is 9.78. The van der Waals surface area contributed by atoms with Crippen LogP contribution in [-0.4, -0.2) is 15.6 Å². The van der Waals surface area contributed by atoms with Crippen LogP contribution in [0.15, 0.2) is 34.4 Å². The lowest BCUT2D eigenvalue weighted by Crippen LogP contribution is -2.42. The van der Waals surface area contributed by atoms with Crippen LogP contribution in [0.3, 0.4) is 0 Å². The fourth-order valence-electron chi connectivity index (χ4n) is 7.79. The number of nitro benzene ring substituents is 2. The third-order valence-electron chi connectivity index (χ3n) is 9.78. The predicted octanol–water partition coefficient (Wildman–Crippen LogP) is 8.29. The number of anilines is 1. The first kappa shape index (κ1) is 27.3. The highest BCUT2D eigenvalue weighted by Gasteiger charge is 2.54. The Morgan fingerprint density at radius 1 is 1.08 bits per heavy atom. The number of hydrogen-bond acceptors (Lipinski definition) is 6. The zero-order chi connectivity index (χ0) is 26.9. The van der Waals surface area contributed by atoms with Crippen LogP contribution in [0.1, 0.15) is 92.4 Å². The van der Waals surface area contributed by atoms with Crippen LogP contribution < -0.4 is 5.43 Å².